The average Bonchev–Trinajstić information content (AvgIpc) is 2.29. The van der Waals surface area contributed by atoms with Crippen molar-refractivity contribution in [2.75, 3.05) is 20.1 Å². The number of sulfonamides is 1. The molecule has 0 saturated carbocycles. The molecule has 1 N–H and O–H groups in total. The maximum Gasteiger partial charge on any atom is 0.240 e. The molecule has 1 aliphatic heterocycles. The van der Waals surface area contributed by atoms with E-state index in [-0.39, 0.29) is 6.04 Å². The van der Waals surface area contributed by atoms with Crippen molar-refractivity contribution < 1.29 is 8.42 Å². The van der Waals surface area contributed by atoms with Crippen molar-refractivity contribution in [1.29, 1.82) is 0 Å². The van der Waals surface area contributed by atoms with Crippen LogP contribution in [-0.4, -0.2) is 39.5 Å². The number of hydrogen-bond acceptors (Lipinski definition) is 3. The molecule has 1 aliphatic rings. The van der Waals surface area contributed by atoms with E-state index in [0.29, 0.717) is 4.90 Å². The first-order chi connectivity index (χ1) is 8.08. The lowest BCUT2D eigenvalue weighted by Crippen LogP contribution is -2.46. The van der Waals surface area contributed by atoms with Crippen LogP contribution in [0.3, 0.4) is 0 Å². The fourth-order valence-electron chi connectivity index (χ4n) is 2.15. The Morgan fingerprint density at radius 3 is 2.65 bits per heavy atom. The first-order valence-electron chi connectivity index (χ1n) is 5.84. The van der Waals surface area contributed by atoms with Crippen LogP contribution in [0.1, 0.15) is 12.8 Å². The van der Waals surface area contributed by atoms with Gasteiger partial charge in [-0.1, -0.05) is 18.2 Å². The van der Waals surface area contributed by atoms with Crippen molar-refractivity contribution in [2.24, 2.45) is 0 Å². The molecule has 1 saturated heterocycles. The van der Waals surface area contributed by atoms with Crippen molar-refractivity contribution in [3.05, 3.63) is 30.3 Å². The van der Waals surface area contributed by atoms with Gasteiger partial charge in [0.1, 0.15) is 0 Å². The highest BCUT2D eigenvalue weighted by Gasteiger charge is 2.23. The summed E-state index contributed by atoms with van der Waals surface area (Å²) in [6.45, 7) is 1.83. The number of nitrogens with zero attached hydrogens (tertiary/aromatic N) is 1. The van der Waals surface area contributed by atoms with Crippen LogP contribution < -0.4 is 4.72 Å². The lowest BCUT2D eigenvalue weighted by atomic mass is 10.1. The Balaban J connectivity index is 2.07. The third-order valence-electron chi connectivity index (χ3n) is 3.00. The Morgan fingerprint density at radius 2 is 2.00 bits per heavy atom. The van der Waals surface area contributed by atoms with Crippen molar-refractivity contribution in [2.45, 2.75) is 23.8 Å². The molecule has 0 aliphatic carbocycles. The van der Waals surface area contributed by atoms with Crippen molar-refractivity contribution in [1.82, 2.24) is 9.62 Å². The van der Waals surface area contributed by atoms with E-state index in [0.717, 1.165) is 25.9 Å². The number of nitrogens with one attached hydrogen (secondary N) is 1. The molecule has 1 aromatic rings. The SMILES string of the molecule is CN1CCCC(NS(=O)(=O)c2ccccc2)C1. The highest BCUT2D eigenvalue weighted by atomic mass is 32.2. The quantitative estimate of drug-likeness (QED) is 0.877. The molecule has 1 atom stereocenters. The molecule has 5 heteroatoms. The van der Waals surface area contributed by atoms with E-state index < -0.39 is 10.0 Å². The van der Waals surface area contributed by atoms with Crippen molar-refractivity contribution in [3.63, 3.8) is 0 Å². The van der Waals surface area contributed by atoms with E-state index in [9.17, 15) is 8.42 Å². The number of likely N-dealkylation sites (N-methyl/N-ethyl adjacent to an activating group) is 1. The van der Waals surface area contributed by atoms with Crippen LogP contribution in [0, 0.1) is 0 Å². The standard InChI is InChI=1S/C12H18N2O2S/c1-14-9-5-6-11(10-14)13-17(15,16)12-7-3-2-4-8-12/h2-4,7-8,11,13H,5-6,9-10H2,1H3. The topological polar surface area (TPSA) is 49.4 Å². The normalized spacial score (nSPS) is 22.5. The van der Waals surface area contributed by atoms with Gasteiger partial charge in [-0.25, -0.2) is 13.1 Å². The molecule has 0 spiro atoms. The number of rotatable bonds is 3. The van der Waals surface area contributed by atoms with Gasteiger partial charge in [0.15, 0.2) is 0 Å². The largest absolute Gasteiger partial charge is 0.305 e. The molecule has 0 radical (unpaired) electrons. The van der Waals surface area contributed by atoms with Gasteiger partial charge >= 0.3 is 0 Å². The van der Waals surface area contributed by atoms with E-state index >= 15 is 0 Å². The third kappa shape index (κ3) is 3.28. The van der Waals surface area contributed by atoms with Crippen molar-refractivity contribution in [3.8, 4) is 0 Å². The lowest BCUT2D eigenvalue weighted by Gasteiger charge is -2.29. The lowest BCUT2D eigenvalue weighted by molar-refractivity contribution is 0.242. The van der Waals surface area contributed by atoms with E-state index in [4.69, 9.17) is 0 Å². The zero-order valence-electron chi connectivity index (χ0n) is 9.96. The first-order valence-corrected chi connectivity index (χ1v) is 7.32. The van der Waals surface area contributed by atoms with Crippen LogP contribution in [0.2, 0.25) is 0 Å². The monoisotopic (exact) mass is 254 g/mol. The summed E-state index contributed by atoms with van der Waals surface area (Å²) in [5, 5.41) is 0. The zero-order chi connectivity index (χ0) is 12.3. The fourth-order valence-corrected chi connectivity index (χ4v) is 3.43. The Bertz CT molecular complexity index is 459. The summed E-state index contributed by atoms with van der Waals surface area (Å²) in [5.41, 5.74) is 0. The smallest absolute Gasteiger partial charge is 0.240 e. The van der Waals surface area contributed by atoms with Gasteiger partial charge in [-0.05, 0) is 38.6 Å². The maximum absolute atomic E-state index is 12.1. The summed E-state index contributed by atoms with van der Waals surface area (Å²) < 4.78 is 26.9. The number of benzene rings is 1. The van der Waals surface area contributed by atoms with Gasteiger partial charge in [-0.2, -0.15) is 0 Å². The summed E-state index contributed by atoms with van der Waals surface area (Å²) in [6, 6.07) is 8.55. The van der Waals surface area contributed by atoms with E-state index in [1.165, 1.54) is 0 Å². The van der Waals surface area contributed by atoms with Crippen LogP contribution in [-0.2, 0) is 10.0 Å². The Hall–Kier alpha value is -0.910. The number of likely N-dealkylation sites (tertiary alicyclic amines) is 1. The molecule has 94 valence electrons. The zero-order valence-corrected chi connectivity index (χ0v) is 10.8. The average molecular weight is 254 g/mol. The number of piperidine rings is 1. The van der Waals surface area contributed by atoms with Crippen LogP contribution in [0.4, 0.5) is 0 Å². The molecule has 1 fully saturated rings. The second kappa shape index (κ2) is 5.16. The van der Waals surface area contributed by atoms with Gasteiger partial charge < -0.3 is 4.90 Å². The number of hydrogen-bond donors (Lipinski definition) is 1. The summed E-state index contributed by atoms with van der Waals surface area (Å²) >= 11 is 0. The predicted molar refractivity (Wildman–Crippen MR) is 67.3 cm³/mol. The van der Waals surface area contributed by atoms with Gasteiger partial charge in [-0.15, -0.1) is 0 Å². The second-order valence-corrected chi connectivity index (χ2v) is 6.25. The third-order valence-corrected chi connectivity index (χ3v) is 4.54. The molecule has 1 unspecified atom stereocenters. The van der Waals surface area contributed by atoms with Crippen LogP contribution in [0.15, 0.2) is 35.2 Å². The minimum absolute atomic E-state index is 0.0268. The Labute approximate surface area is 103 Å². The van der Waals surface area contributed by atoms with Gasteiger partial charge in [0, 0.05) is 12.6 Å². The molecule has 0 bridgehead atoms. The van der Waals surface area contributed by atoms with Crippen LogP contribution in [0.25, 0.3) is 0 Å². The van der Waals surface area contributed by atoms with Crippen LogP contribution in [0.5, 0.6) is 0 Å². The summed E-state index contributed by atoms with van der Waals surface area (Å²) in [5.74, 6) is 0. The van der Waals surface area contributed by atoms with Crippen molar-refractivity contribution >= 4 is 10.0 Å². The second-order valence-electron chi connectivity index (χ2n) is 4.54. The summed E-state index contributed by atoms with van der Waals surface area (Å²) in [7, 11) is -1.34. The highest BCUT2D eigenvalue weighted by molar-refractivity contribution is 7.89. The van der Waals surface area contributed by atoms with Gasteiger partial charge in [0.25, 0.3) is 0 Å². The molecule has 2 rings (SSSR count). The molecular weight excluding hydrogens is 236 g/mol. The predicted octanol–water partition coefficient (Wildman–Crippen LogP) is 1.06. The summed E-state index contributed by atoms with van der Waals surface area (Å²) in [4.78, 5) is 2.50. The minimum atomic E-state index is -3.36. The van der Waals surface area contributed by atoms with Gasteiger partial charge in [0.2, 0.25) is 10.0 Å². The fraction of sp³-hybridized carbons (Fsp3) is 0.500. The molecular formula is C12H18N2O2S. The van der Waals surface area contributed by atoms with Crippen LogP contribution >= 0.6 is 0 Å². The van der Waals surface area contributed by atoms with E-state index in [1.54, 1.807) is 24.3 Å². The van der Waals surface area contributed by atoms with Gasteiger partial charge in [0.05, 0.1) is 4.90 Å². The maximum atomic E-state index is 12.1. The Kier molecular flexibility index (Phi) is 3.81. The molecule has 0 aromatic heterocycles. The van der Waals surface area contributed by atoms with E-state index in [2.05, 4.69) is 9.62 Å². The van der Waals surface area contributed by atoms with E-state index in [1.807, 2.05) is 13.1 Å². The summed E-state index contributed by atoms with van der Waals surface area (Å²) in [6.07, 6.45) is 1.95. The molecule has 17 heavy (non-hydrogen) atoms. The Morgan fingerprint density at radius 1 is 1.29 bits per heavy atom. The first kappa shape index (κ1) is 12.5. The van der Waals surface area contributed by atoms with Gasteiger partial charge in [-0.3, -0.25) is 0 Å². The molecule has 0 amide bonds. The molecule has 4 nitrogen and oxygen atoms in total. The molecule has 1 aromatic carbocycles. The highest BCUT2D eigenvalue weighted by Crippen LogP contribution is 2.13. The molecule has 1 heterocycles. The minimum Gasteiger partial charge on any atom is -0.305 e.